The molecule has 0 aliphatic rings. The first kappa shape index (κ1) is 12.7. The number of ether oxygens (including phenoxy) is 1. The molecule has 76 valence electrons. The van der Waals surface area contributed by atoms with Gasteiger partial charge in [-0.2, -0.15) is 0 Å². The number of hydrogen-bond acceptors (Lipinski definition) is 3. The maximum absolute atomic E-state index is 11.4. The van der Waals surface area contributed by atoms with Gasteiger partial charge in [-0.15, -0.1) is 0 Å². The second-order valence-corrected chi connectivity index (χ2v) is 5.30. The Hall–Kier alpha value is -0.290. The van der Waals surface area contributed by atoms with Crippen LogP contribution in [0.1, 0.15) is 6.92 Å². The molecule has 0 saturated heterocycles. The van der Waals surface area contributed by atoms with E-state index in [1.807, 2.05) is 12.5 Å². The maximum atomic E-state index is 11.4. The Kier molecular flexibility index (Phi) is 6.07. The van der Waals surface area contributed by atoms with Crippen LogP contribution >= 0.6 is 12.2 Å². The standard InChI is InChI=1S/C8H15NO2S2/c1-5-11-8(10)6(13(3)4)7(12)9-2/h6H,5H2,1-4H3/p+1. The normalized spacial score (nSPS) is 12.4. The average molecular weight is 222 g/mol. The van der Waals surface area contributed by atoms with Crippen molar-refractivity contribution < 1.29 is 9.53 Å². The molecule has 5 heteroatoms. The van der Waals surface area contributed by atoms with E-state index in [9.17, 15) is 4.79 Å². The summed E-state index contributed by atoms with van der Waals surface area (Å²) in [4.78, 5) is 12.0. The van der Waals surface area contributed by atoms with Gasteiger partial charge in [-0.3, -0.25) is 0 Å². The number of carbonyl (C=O) groups is 1. The molecule has 1 atom stereocenters. The van der Waals surface area contributed by atoms with E-state index < -0.39 is 0 Å². The van der Waals surface area contributed by atoms with Gasteiger partial charge in [0.05, 0.1) is 19.1 Å². The quantitative estimate of drug-likeness (QED) is 0.423. The van der Waals surface area contributed by atoms with Crippen molar-refractivity contribution in [2.24, 2.45) is 0 Å². The van der Waals surface area contributed by atoms with Gasteiger partial charge in [-0.1, -0.05) is 12.2 Å². The van der Waals surface area contributed by atoms with E-state index in [0.29, 0.717) is 11.6 Å². The van der Waals surface area contributed by atoms with Crippen molar-refractivity contribution in [2.45, 2.75) is 12.2 Å². The van der Waals surface area contributed by atoms with Crippen molar-refractivity contribution in [3.8, 4) is 0 Å². The van der Waals surface area contributed by atoms with Crippen molar-refractivity contribution in [2.75, 3.05) is 26.2 Å². The third-order valence-electron chi connectivity index (χ3n) is 1.46. The minimum Gasteiger partial charge on any atom is -0.462 e. The summed E-state index contributed by atoms with van der Waals surface area (Å²) in [5.41, 5.74) is 0. The fraction of sp³-hybridized carbons (Fsp3) is 0.750. The SMILES string of the molecule is CCOC(=O)C(C(=S)NC)[S+](C)C. The summed E-state index contributed by atoms with van der Waals surface area (Å²) in [6.45, 7) is 2.19. The van der Waals surface area contributed by atoms with Gasteiger partial charge < -0.3 is 10.1 Å². The lowest BCUT2D eigenvalue weighted by Crippen LogP contribution is -2.42. The molecule has 0 aromatic rings. The molecule has 0 heterocycles. The Morgan fingerprint density at radius 3 is 2.46 bits per heavy atom. The molecule has 0 aliphatic carbocycles. The fourth-order valence-electron chi connectivity index (χ4n) is 0.863. The van der Waals surface area contributed by atoms with E-state index in [4.69, 9.17) is 17.0 Å². The maximum Gasteiger partial charge on any atom is 0.366 e. The molecular weight excluding hydrogens is 206 g/mol. The third kappa shape index (κ3) is 3.95. The minimum absolute atomic E-state index is 0.0931. The van der Waals surface area contributed by atoms with Gasteiger partial charge in [-0.05, 0) is 6.92 Å². The molecule has 0 bridgehead atoms. The van der Waals surface area contributed by atoms with E-state index >= 15 is 0 Å². The molecule has 0 aliphatic heterocycles. The number of nitrogens with one attached hydrogen (secondary N) is 1. The first-order valence-corrected chi connectivity index (χ1v) is 6.50. The monoisotopic (exact) mass is 222 g/mol. The van der Waals surface area contributed by atoms with Crippen LogP contribution in [0.2, 0.25) is 0 Å². The molecule has 3 nitrogen and oxygen atoms in total. The van der Waals surface area contributed by atoms with Gasteiger partial charge in [-0.25, -0.2) is 4.79 Å². The fourth-order valence-corrected chi connectivity index (χ4v) is 2.54. The van der Waals surface area contributed by atoms with Crippen molar-refractivity contribution in [3.63, 3.8) is 0 Å². The van der Waals surface area contributed by atoms with Crippen LogP contribution in [0.3, 0.4) is 0 Å². The molecule has 0 rings (SSSR count). The Morgan fingerprint density at radius 2 is 2.15 bits per heavy atom. The minimum atomic E-state index is -0.292. The van der Waals surface area contributed by atoms with E-state index in [1.54, 1.807) is 14.0 Å². The zero-order chi connectivity index (χ0) is 10.4. The summed E-state index contributed by atoms with van der Waals surface area (Å²) in [5.74, 6) is -0.227. The lowest BCUT2D eigenvalue weighted by Gasteiger charge is -2.12. The molecule has 0 aromatic heterocycles. The number of thiocarbonyl (C=S) groups is 1. The van der Waals surface area contributed by atoms with Crippen LogP contribution in [0, 0.1) is 0 Å². The van der Waals surface area contributed by atoms with Crippen LogP contribution in [-0.2, 0) is 20.4 Å². The molecule has 0 saturated carbocycles. The van der Waals surface area contributed by atoms with Gasteiger partial charge >= 0.3 is 5.97 Å². The van der Waals surface area contributed by atoms with Gasteiger partial charge in [0, 0.05) is 17.9 Å². The lowest BCUT2D eigenvalue weighted by molar-refractivity contribution is -0.141. The molecule has 0 spiro atoms. The van der Waals surface area contributed by atoms with Crippen LogP contribution in [0.5, 0.6) is 0 Å². The summed E-state index contributed by atoms with van der Waals surface area (Å²) < 4.78 is 4.93. The molecule has 1 unspecified atom stereocenters. The highest BCUT2D eigenvalue weighted by Gasteiger charge is 2.35. The molecule has 0 radical (unpaired) electrons. The highest BCUT2D eigenvalue weighted by Crippen LogP contribution is 2.04. The zero-order valence-electron chi connectivity index (χ0n) is 8.42. The number of hydrogen-bond donors (Lipinski definition) is 1. The van der Waals surface area contributed by atoms with Gasteiger partial charge in [0.25, 0.3) is 5.25 Å². The van der Waals surface area contributed by atoms with Crippen molar-refractivity contribution in [1.82, 2.24) is 5.32 Å². The summed E-state index contributed by atoms with van der Waals surface area (Å²) in [6, 6.07) is 0. The summed E-state index contributed by atoms with van der Waals surface area (Å²) in [7, 11) is 1.63. The van der Waals surface area contributed by atoms with E-state index in [2.05, 4.69) is 5.32 Å². The Morgan fingerprint density at radius 1 is 1.62 bits per heavy atom. The van der Waals surface area contributed by atoms with E-state index in [-0.39, 0.29) is 22.1 Å². The van der Waals surface area contributed by atoms with Gasteiger partial charge in [0.2, 0.25) is 0 Å². The number of carbonyl (C=O) groups excluding carboxylic acids is 1. The molecule has 0 fully saturated rings. The predicted octanol–water partition coefficient (Wildman–Crippen LogP) is 0.343. The second-order valence-electron chi connectivity index (χ2n) is 2.63. The van der Waals surface area contributed by atoms with Crippen LogP contribution < -0.4 is 5.32 Å². The van der Waals surface area contributed by atoms with Crippen molar-refractivity contribution >= 4 is 34.1 Å². The molecule has 13 heavy (non-hydrogen) atoms. The molecule has 0 amide bonds. The Bertz CT molecular complexity index is 195. The van der Waals surface area contributed by atoms with E-state index in [0.717, 1.165) is 0 Å². The van der Waals surface area contributed by atoms with Crippen molar-refractivity contribution in [3.05, 3.63) is 0 Å². The van der Waals surface area contributed by atoms with Crippen LogP contribution in [0.4, 0.5) is 0 Å². The van der Waals surface area contributed by atoms with Crippen LogP contribution in [0.15, 0.2) is 0 Å². The Balaban J connectivity index is 4.41. The largest absolute Gasteiger partial charge is 0.462 e. The Labute approximate surface area is 87.6 Å². The summed E-state index contributed by atoms with van der Waals surface area (Å²) >= 11 is 5.04. The van der Waals surface area contributed by atoms with E-state index in [1.165, 1.54) is 0 Å². The molecular formula is C8H16NO2S2+. The van der Waals surface area contributed by atoms with Crippen LogP contribution in [-0.4, -0.2) is 42.4 Å². The van der Waals surface area contributed by atoms with Crippen molar-refractivity contribution in [1.29, 1.82) is 0 Å². The van der Waals surface area contributed by atoms with Gasteiger partial charge in [0.1, 0.15) is 4.99 Å². The summed E-state index contributed by atoms with van der Waals surface area (Å²) in [5, 5.41) is 2.53. The van der Waals surface area contributed by atoms with Crippen LogP contribution in [0.25, 0.3) is 0 Å². The number of rotatable bonds is 4. The topological polar surface area (TPSA) is 38.3 Å². The third-order valence-corrected chi connectivity index (χ3v) is 3.42. The smallest absolute Gasteiger partial charge is 0.366 e. The molecule has 1 N–H and O–H groups in total. The highest BCUT2D eigenvalue weighted by atomic mass is 32.2. The molecule has 0 aromatic carbocycles. The zero-order valence-corrected chi connectivity index (χ0v) is 10.1. The first-order valence-electron chi connectivity index (χ1n) is 3.99. The lowest BCUT2D eigenvalue weighted by atomic mass is 10.4. The highest BCUT2D eigenvalue weighted by molar-refractivity contribution is 7.99. The average Bonchev–Trinajstić information content (AvgIpc) is 2.04. The summed E-state index contributed by atoms with van der Waals surface area (Å²) in [6.07, 6.45) is 3.95. The second kappa shape index (κ2) is 6.21. The van der Waals surface area contributed by atoms with Gasteiger partial charge in [0.15, 0.2) is 0 Å². The number of esters is 1. The first-order chi connectivity index (χ1) is 6.04. The predicted molar refractivity (Wildman–Crippen MR) is 61.3 cm³/mol.